The summed E-state index contributed by atoms with van der Waals surface area (Å²) in [6, 6.07) is 63.6. The van der Waals surface area contributed by atoms with Crippen LogP contribution in [0.4, 0.5) is 0 Å². The molecule has 2 nitrogen and oxygen atoms in total. The van der Waals surface area contributed by atoms with E-state index in [0.717, 1.165) is 49.9 Å². The van der Waals surface area contributed by atoms with E-state index in [1.54, 1.807) is 0 Å². The molecule has 2 heteroatoms. The molecule has 2 heterocycles. The van der Waals surface area contributed by atoms with Gasteiger partial charge in [0, 0.05) is 32.8 Å². The minimum Gasteiger partial charge on any atom is -0.455 e. The van der Waals surface area contributed by atoms with Gasteiger partial charge in [0.2, 0.25) is 0 Å². The Kier molecular flexibility index (Phi) is 6.97. The molecule has 0 aliphatic heterocycles. The van der Waals surface area contributed by atoms with Crippen molar-refractivity contribution in [3.63, 3.8) is 0 Å². The van der Waals surface area contributed by atoms with Crippen molar-refractivity contribution in [3.05, 3.63) is 187 Å². The fourth-order valence-corrected chi connectivity index (χ4v) is 8.20. The van der Waals surface area contributed by atoms with E-state index in [2.05, 4.69) is 188 Å². The molecule has 0 radical (unpaired) electrons. The number of rotatable bonds is 5. The minimum absolute atomic E-state index is 0.906. The molecule has 0 amide bonds. The first-order chi connectivity index (χ1) is 25.6. The fourth-order valence-electron chi connectivity index (χ4n) is 8.20. The molecule has 0 aliphatic rings. The zero-order valence-corrected chi connectivity index (χ0v) is 29.1. The molecule has 0 bridgehead atoms. The van der Waals surface area contributed by atoms with Crippen LogP contribution in [-0.4, -0.2) is 4.57 Å². The highest BCUT2D eigenvalue weighted by atomic mass is 16.3. The maximum absolute atomic E-state index is 6.57. The largest absolute Gasteiger partial charge is 0.455 e. The Morgan fingerprint density at radius 1 is 0.385 bits per heavy atom. The Hall–Kier alpha value is -6.64. The van der Waals surface area contributed by atoms with E-state index in [9.17, 15) is 0 Å². The first kappa shape index (κ1) is 30.2. The van der Waals surface area contributed by atoms with Crippen molar-refractivity contribution in [2.75, 3.05) is 0 Å². The predicted molar refractivity (Wildman–Crippen MR) is 219 cm³/mol. The van der Waals surface area contributed by atoms with Crippen molar-refractivity contribution in [2.45, 2.75) is 13.8 Å². The van der Waals surface area contributed by atoms with Gasteiger partial charge in [0.05, 0.1) is 11.0 Å². The summed E-state index contributed by atoms with van der Waals surface area (Å²) in [5, 5.41) is 4.80. The first-order valence-electron chi connectivity index (χ1n) is 17.9. The Balaban J connectivity index is 1.17. The molecule has 0 saturated heterocycles. The van der Waals surface area contributed by atoms with Crippen LogP contribution >= 0.6 is 0 Å². The van der Waals surface area contributed by atoms with Crippen molar-refractivity contribution < 1.29 is 4.42 Å². The predicted octanol–water partition coefficient (Wildman–Crippen LogP) is 14.0. The summed E-state index contributed by atoms with van der Waals surface area (Å²) in [6.45, 7) is 4.45. The highest BCUT2D eigenvalue weighted by molar-refractivity contribution is 6.10. The van der Waals surface area contributed by atoms with Gasteiger partial charge in [-0.3, -0.25) is 0 Å². The third-order valence-electron chi connectivity index (χ3n) is 10.8. The van der Waals surface area contributed by atoms with Gasteiger partial charge in [0.25, 0.3) is 0 Å². The number of hydrogen-bond donors (Lipinski definition) is 0. The van der Waals surface area contributed by atoms with Crippen molar-refractivity contribution >= 4 is 43.7 Å². The van der Waals surface area contributed by atoms with Crippen LogP contribution in [0.3, 0.4) is 0 Å². The average Bonchev–Trinajstić information content (AvgIpc) is 3.74. The van der Waals surface area contributed by atoms with Gasteiger partial charge in [-0.2, -0.15) is 0 Å². The van der Waals surface area contributed by atoms with Crippen LogP contribution in [0.2, 0.25) is 0 Å². The zero-order valence-electron chi connectivity index (χ0n) is 29.1. The van der Waals surface area contributed by atoms with Gasteiger partial charge in [0.15, 0.2) is 0 Å². The maximum Gasteiger partial charge on any atom is 0.143 e. The van der Waals surface area contributed by atoms with Crippen molar-refractivity contribution in [2.24, 2.45) is 0 Å². The maximum atomic E-state index is 6.57. The number of furan rings is 1. The number of aromatic nitrogens is 1. The van der Waals surface area contributed by atoms with E-state index >= 15 is 0 Å². The van der Waals surface area contributed by atoms with Gasteiger partial charge in [0.1, 0.15) is 11.2 Å². The van der Waals surface area contributed by atoms with Crippen molar-refractivity contribution in [1.29, 1.82) is 0 Å². The molecule has 0 aliphatic carbocycles. The van der Waals surface area contributed by atoms with Crippen molar-refractivity contribution in [3.8, 4) is 50.2 Å². The summed E-state index contributed by atoms with van der Waals surface area (Å²) in [6.07, 6.45) is 0. The van der Waals surface area contributed by atoms with E-state index in [1.807, 2.05) is 6.07 Å². The Labute approximate surface area is 302 Å². The van der Waals surface area contributed by atoms with Crippen LogP contribution in [0.25, 0.3) is 93.9 Å². The van der Waals surface area contributed by atoms with Crippen LogP contribution in [-0.2, 0) is 0 Å². The lowest BCUT2D eigenvalue weighted by molar-refractivity contribution is 0.670. The van der Waals surface area contributed by atoms with Crippen LogP contribution in [0.5, 0.6) is 0 Å². The second-order valence-electron chi connectivity index (χ2n) is 13.8. The highest BCUT2D eigenvalue weighted by Gasteiger charge is 2.17. The molecular weight excluding hydrogens is 631 g/mol. The number of aryl methyl sites for hydroxylation is 1. The Morgan fingerprint density at radius 2 is 0.923 bits per heavy atom. The Bertz CT molecular complexity index is 2920. The quantitative estimate of drug-likeness (QED) is 0.179. The SMILES string of the molecule is Cc1ccccc1-c1cccc(-c2cc(-c3ccc(-n4c5ccccc5c5ccccc54)cc3)cc(-c3cccc4c3oc3ccccc34)c2)c1C. The summed E-state index contributed by atoms with van der Waals surface area (Å²) < 4.78 is 8.94. The fraction of sp³-hybridized carbons (Fsp3) is 0.0400. The standard InChI is InChI=1S/C50H35NO/c1-32-13-3-4-14-39(32)41-19-11-18-40(33(41)2)36-29-35(30-37(31-36)42-20-12-21-46-45-17-7-10-24-49(45)52-50(42)46)34-25-27-38(28-26-34)51-47-22-8-5-15-43(47)44-16-6-9-23-48(44)51/h3-31H,1-2H3. The molecule has 2 aromatic heterocycles. The third kappa shape index (κ3) is 4.80. The van der Waals surface area contributed by atoms with Crippen LogP contribution in [0, 0.1) is 13.8 Å². The second-order valence-corrected chi connectivity index (χ2v) is 13.8. The molecule has 10 aromatic rings. The highest BCUT2D eigenvalue weighted by Crippen LogP contribution is 2.41. The van der Waals surface area contributed by atoms with Gasteiger partial charge < -0.3 is 8.98 Å². The molecule has 0 saturated carbocycles. The van der Waals surface area contributed by atoms with E-state index in [-0.39, 0.29) is 0 Å². The summed E-state index contributed by atoms with van der Waals surface area (Å²) in [5.41, 5.74) is 17.4. The van der Waals surface area contributed by atoms with Gasteiger partial charge >= 0.3 is 0 Å². The van der Waals surface area contributed by atoms with Crippen LogP contribution < -0.4 is 0 Å². The second kappa shape index (κ2) is 12.0. The number of hydrogen-bond acceptors (Lipinski definition) is 1. The van der Waals surface area contributed by atoms with E-state index in [4.69, 9.17) is 4.42 Å². The molecule has 246 valence electrons. The van der Waals surface area contributed by atoms with E-state index in [0.29, 0.717) is 0 Å². The summed E-state index contributed by atoms with van der Waals surface area (Å²) in [4.78, 5) is 0. The van der Waals surface area contributed by atoms with Crippen LogP contribution in [0.1, 0.15) is 11.1 Å². The normalized spacial score (nSPS) is 11.7. The monoisotopic (exact) mass is 665 g/mol. The number of benzene rings is 8. The van der Waals surface area contributed by atoms with Gasteiger partial charge in [-0.05, 0) is 112 Å². The molecule has 10 rings (SSSR count). The number of nitrogens with zero attached hydrogens (tertiary/aromatic N) is 1. The third-order valence-corrected chi connectivity index (χ3v) is 10.8. The molecular formula is C50H35NO. The molecule has 0 fully saturated rings. The molecule has 0 unspecified atom stereocenters. The number of para-hydroxylation sites is 4. The molecule has 52 heavy (non-hydrogen) atoms. The lowest BCUT2D eigenvalue weighted by Crippen LogP contribution is -1.94. The molecule has 0 N–H and O–H groups in total. The van der Waals surface area contributed by atoms with E-state index < -0.39 is 0 Å². The lowest BCUT2D eigenvalue weighted by atomic mass is 9.88. The summed E-state index contributed by atoms with van der Waals surface area (Å²) >= 11 is 0. The molecule has 0 spiro atoms. The van der Waals surface area contributed by atoms with Crippen LogP contribution in [0.15, 0.2) is 180 Å². The first-order valence-corrected chi connectivity index (χ1v) is 17.9. The van der Waals surface area contributed by atoms with Crippen molar-refractivity contribution in [1.82, 2.24) is 4.57 Å². The van der Waals surface area contributed by atoms with Gasteiger partial charge in [-0.15, -0.1) is 0 Å². The smallest absolute Gasteiger partial charge is 0.143 e. The van der Waals surface area contributed by atoms with Gasteiger partial charge in [-0.25, -0.2) is 0 Å². The molecule has 0 atom stereocenters. The number of fused-ring (bicyclic) bond motifs is 6. The van der Waals surface area contributed by atoms with Gasteiger partial charge in [-0.1, -0.05) is 127 Å². The average molecular weight is 666 g/mol. The van der Waals surface area contributed by atoms with E-state index in [1.165, 1.54) is 55.2 Å². The minimum atomic E-state index is 0.906. The Morgan fingerprint density at radius 3 is 1.67 bits per heavy atom. The molecule has 8 aromatic carbocycles. The zero-order chi connectivity index (χ0) is 34.8. The summed E-state index contributed by atoms with van der Waals surface area (Å²) in [5.74, 6) is 0. The lowest BCUT2D eigenvalue weighted by Gasteiger charge is -2.16. The summed E-state index contributed by atoms with van der Waals surface area (Å²) in [7, 11) is 0. The topological polar surface area (TPSA) is 18.1 Å².